The Balaban J connectivity index is 1.71. The second-order valence-electron chi connectivity index (χ2n) is 7.31. The summed E-state index contributed by atoms with van der Waals surface area (Å²) in [6, 6.07) is 9.64. The molecular weight excluding hydrogens is 414 g/mol. The highest BCUT2D eigenvalue weighted by Crippen LogP contribution is 2.34. The number of benzene rings is 2. The third kappa shape index (κ3) is 5.35. The first-order valence-corrected chi connectivity index (χ1v) is 10.3. The molecule has 1 heterocycles. The molecule has 0 radical (unpaired) electrons. The van der Waals surface area contributed by atoms with Crippen molar-refractivity contribution in [1.82, 2.24) is 10.2 Å². The van der Waals surface area contributed by atoms with Crippen molar-refractivity contribution in [3.8, 4) is 23.0 Å². The van der Waals surface area contributed by atoms with Crippen LogP contribution in [0.3, 0.4) is 0 Å². The second kappa shape index (κ2) is 10.6. The molecule has 1 aliphatic rings. The molecule has 32 heavy (non-hydrogen) atoms. The Morgan fingerprint density at radius 2 is 1.62 bits per heavy atom. The zero-order valence-electron chi connectivity index (χ0n) is 18.8. The minimum atomic E-state index is -0.428. The smallest absolute Gasteiger partial charge is 0.274 e. The lowest BCUT2D eigenvalue weighted by molar-refractivity contribution is -0.404. The van der Waals surface area contributed by atoms with Gasteiger partial charge in [-0.3, -0.25) is 10.1 Å². The maximum atomic E-state index is 11.3. The Bertz CT molecular complexity index is 992. The number of methoxy groups -OCH3 is 4. The molecule has 3 rings (SSSR count). The van der Waals surface area contributed by atoms with Crippen molar-refractivity contribution < 1.29 is 23.9 Å². The van der Waals surface area contributed by atoms with Gasteiger partial charge < -0.3 is 29.2 Å². The van der Waals surface area contributed by atoms with Crippen LogP contribution in [0.25, 0.3) is 0 Å². The SMILES string of the molecule is COc1ccc(CCN/C(=C/[N+](=O)[O-])N2CCc3cc(OC)c(OC)cc3C2)cc1OC. The number of nitro groups is 1. The second-order valence-corrected chi connectivity index (χ2v) is 7.31. The standard InChI is InChI=1S/C23H29N3O6/c1-29-19-6-5-16(11-20(19)30-2)7-9-24-23(15-26(27)28)25-10-8-17-12-21(31-3)22(32-4)13-18(17)14-25/h5-6,11-13,15,24H,7-10,14H2,1-4H3/b23-15-. The summed E-state index contributed by atoms with van der Waals surface area (Å²) < 4.78 is 21.4. The van der Waals surface area contributed by atoms with E-state index in [0.29, 0.717) is 54.9 Å². The molecular formula is C23H29N3O6. The maximum absolute atomic E-state index is 11.3. The average molecular weight is 444 g/mol. The first-order valence-electron chi connectivity index (χ1n) is 10.3. The third-order valence-corrected chi connectivity index (χ3v) is 5.45. The van der Waals surface area contributed by atoms with Gasteiger partial charge in [-0.2, -0.15) is 0 Å². The molecule has 0 saturated heterocycles. The fourth-order valence-corrected chi connectivity index (χ4v) is 3.80. The lowest BCUT2D eigenvalue weighted by Gasteiger charge is -2.32. The quantitative estimate of drug-likeness (QED) is 0.442. The zero-order chi connectivity index (χ0) is 23.1. The van der Waals surface area contributed by atoms with Crippen LogP contribution in [-0.2, 0) is 19.4 Å². The van der Waals surface area contributed by atoms with Crippen molar-refractivity contribution in [1.29, 1.82) is 0 Å². The van der Waals surface area contributed by atoms with E-state index in [1.807, 2.05) is 35.2 Å². The van der Waals surface area contributed by atoms with Crippen molar-refractivity contribution in [3.63, 3.8) is 0 Å². The van der Waals surface area contributed by atoms with Gasteiger partial charge in [-0.1, -0.05) is 6.07 Å². The summed E-state index contributed by atoms with van der Waals surface area (Å²) in [5.41, 5.74) is 3.26. The third-order valence-electron chi connectivity index (χ3n) is 5.45. The summed E-state index contributed by atoms with van der Waals surface area (Å²) in [5.74, 6) is 3.14. The van der Waals surface area contributed by atoms with Gasteiger partial charge in [0.1, 0.15) is 0 Å². The summed E-state index contributed by atoms with van der Waals surface area (Å²) in [6.07, 6.45) is 2.45. The number of ether oxygens (including phenoxy) is 4. The van der Waals surface area contributed by atoms with E-state index in [4.69, 9.17) is 18.9 Å². The van der Waals surface area contributed by atoms with Crippen molar-refractivity contribution in [3.05, 3.63) is 69.2 Å². The van der Waals surface area contributed by atoms with Crippen molar-refractivity contribution in [2.24, 2.45) is 0 Å². The molecule has 1 aliphatic heterocycles. The van der Waals surface area contributed by atoms with Crippen molar-refractivity contribution in [2.75, 3.05) is 41.5 Å². The minimum absolute atomic E-state index is 0.428. The van der Waals surface area contributed by atoms with Crippen LogP contribution in [0.1, 0.15) is 16.7 Å². The van der Waals surface area contributed by atoms with Gasteiger partial charge in [0.2, 0.25) is 0 Å². The summed E-state index contributed by atoms with van der Waals surface area (Å²) in [6.45, 7) is 1.73. The Labute approximate surface area is 187 Å². The molecule has 0 spiro atoms. The first-order chi connectivity index (χ1) is 15.5. The predicted molar refractivity (Wildman–Crippen MR) is 120 cm³/mol. The number of rotatable bonds is 10. The molecule has 0 fully saturated rings. The van der Waals surface area contributed by atoms with Crippen LogP contribution in [0.2, 0.25) is 0 Å². The molecule has 2 aromatic carbocycles. The van der Waals surface area contributed by atoms with Crippen LogP contribution in [-0.4, -0.2) is 51.4 Å². The molecule has 1 N–H and O–H groups in total. The van der Waals surface area contributed by atoms with Gasteiger partial charge in [-0.25, -0.2) is 0 Å². The Morgan fingerprint density at radius 3 is 2.25 bits per heavy atom. The number of hydrogen-bond acceptors (Lipinski definition) is 8. The molecule has 0 saturated carbocycles. The number of nitrogens with zero attached hydrogens (tertiary/aromatic N) is 2. The fraction of sp³-hybridized carbons (Fsp3) is 0.391. The van der Waals surface area contributed by atoms with Crippen LogP contribution in [0.15, 0.2) is 42.4 Å². The largest absolute Gasteiger partial charge is 0.493 e. The van der Waals surface area contributed by atoms with Crippen LogP contribution in [0.5, 0.6) is 23.0 Å². The molecule has 2 aromatic rings. The van der Waals surface area contributed by atoms with Gasteiger partial charge in [0.15, 0.2) is 28.8 Å². The van der Waals surface area contributed by atoms with E-state index in [2.05, 4.69) is 5.32 Å². The summed E-state index contributed by atoms with van der Waals surface area (Å²) in [7, 11) is 6.39. The summed E-state index contributed by atoms with van der Waals surface area (Å²) >= 11 is 0. The van der Waals surface area contributed by atoms with E-state index in [1.54, 1.807) is 28.4 Å². The van der Waals surface area contributed by atoms with E-state index in [1.165, 1.54) is 0 Å². The molecule has 0 aromatic heterocycles. The molecule has 9 nitrogen and oxygen atoms in total. The monoisotopic (exact) mass is 443 g/mol. The molecule has 9 heteroatoms. The van der Waals surface area contributed by atoms with E-state index < -0.39 is 4.92 Å². The highest BCUT2D eigenvalue weighted by molar-refractivity contribution is 5.48. The molecule has 0 aliphatic carbocycles. The average Bonchev–Trinajstić information content (AvgIpc) is 2.81. The van der Waals surface area contributed by atoms with Crippen LogP contribution >= 0.6 is 0 Å². The van der Waals surface area contributed by atoms with E-state index in [9.17, 15) is 10.1 Å². The first kappa shape index (κ1) is 23.1. The van der Waals surface area contributed by atoms with Gasteiger partial charge >= 0.3 is 0 Å². The molecule has 0 amide bonds. The zero-order valence-corrected chi connectivity index (χ0v) is 18.8. The number of fused-ring (bicyclic) bond motifs is 1. The van der Waals surface area contributed by atoms with Gasteiger partial charge in [0.25, 0.3) is 6.20 Å². The van der Waals surface area contributed by atoms with E-state index in [0.717, 1.165) is 29.3 Å². The molecule has 0 unspecified atom stereocenters. The Morgan fingerprint density at radius 1 is 1.00 bits per heavy atom. The van der Waals surface area contributed by atoms with Gasteiger partial charge in [-0.05, 0) is 53.8 Å². The van der Waals surface area contributed by atoms with Gasteiger partial charge in [0, 0.05) is 19.6 Å². The summed E-state index contributed by atoms with van der Waals surface area (Å²) in [4.78, 5) is 12.8. The Hall–Kier alpha value is -3.62. The van der Waals surface area contributed by atoms with Crippen molar-refractivity contribution >= 4 is 0 Å². The topological polar surface area (TPSA) is 95.3 Å². The normalized spacial score (nSPS) is 13.2. The highest BCUT2D eigenvalue weighted by Gasteiger charge is 2.22. The maximum Gasteiger partial charge on any atom is 0.274 e. The number of nitrogens with one attached hydrogen (secondary N) is 1. The van der Waals surface area contributed by atoms with E-state index >= 15 is 0 Å². The summed E-state index contributed by atoms with van der Waals surface area (Å²) in [5, 5.41) is 14.5. The predicted octanol–water partition coefficient (Wildman–Crippen LogP) is 2.99. The van der Waals surface area contributed by atoms with E-state index in [-0.39, 0.29) is 0 Å². The molecule has 0 atom stereocenters. The van der Waals surface area contributed by atoms with Crippen LogP contribution in [0.4, 0.5) is 0 Å². The minimum Gasteiger partial charge on any atom is -0.493 e. The fourth-order valence-electron chi connectivity index (χ4n) is 3.80. The van der Waals surface area contributed by atoms with Crippen LogP contribution < -0.4 is 24.3 Å². The highest BCUT2D eigenvalue weighted by atomic mass is 16.6. The van der Waals surface area contributed by atoms with Gasteiger partial charge in [-0.15, -0.1) is 0 Å². The number of hydrogen-bond donors (Lipinski definition) is 1. The van der Waals surface area contributed by atoms with Crippen molar-refractivity contribution in [2.45, 2.75) is 19.4 Å². The molecule has 172 valence electrons. The Kier molecular flexibility index (Phi) is 7.64. The lowest BCUT2D eigenvalue weighted by Crippen LogP contribution is -2.37. The van der Waals surface area contributed by atoms with Crippen LogP contribution in [0, 0.1) is 10.1 Å². The van der Waals surface area contributed by atoms with Gasteiger partial charge in [0.05, 0.1) is 33.4 Å². The molecule has 0 bridgehead atoms. The lowest BCUT2D eigenvalue weighted by atomic mass is 9.99.